The number of rotatable bonds is 14. The first-order chi connectivity index (χ1) is 17.5. The first kappa shape index (κ1) is 27.8. The van der Waals surface area contributed by atoms with E-state index in [4.69, 9.17) is 14.2 Å². The maximum absolute atomic E-state index is 12.2. The monoisotopic (exact) mass is 499 g/mol. The standard InChI is InChI=1S/C28H41N3O5/c1-4-6-27(33)31-17-22-16-29-18-26(28(22)21-8-10-23(35-3)11-9-21)36-19-20-7-12-25(32)24(15-20)30-13-5-14-34-2/h7-12,15,22,26,28-30,32H,4-6,13-14,16-19H2,1-3H3,(H,31,33)/t22-,26-,28-/m0/s1. The Balaban J connectivity index is 1.71. The highest BCUT2D eigenvalue weighted by Crippen LogP contribution is 2.34. The molecule has 3 rings (SSSR count). The normalized spacial score (nSPS) is 19.6. The highest BCUT2D eigenvalue weighted by molar-refractivity contribution is 5.75. The zero-order valence-corrected chi connectivity index (χ0v) is 21.7. The minimum atomic E-state index is -0.0767. The third kappa shape index (κ3) is 8.11. The van der Waals surface area contributed by atoms with Gasteiger partial charge < -0.3 is 35.3 Å². The van der Waals surface area contributed by atoms with Crippen molar-refractivity contribution >= 4 is 11.6 Å². The number of hydrogen-bond acceptors (Lipinski definition) is 7. The number of phenols is 1. The van der Waals surface area contributed by atoms with Gasteiger partial charge in [0.1, 0.15) is 11.5 Å². The molecule has 0 unspecified atom stereocenters. The molecular formula is C28H41N3O5. The number of amides is 1. The summed E-state index contributed by atoms with van der Waals surface area (Å²) in [5, 5.41) is 20.1. The van der Waals surface area contributed by atoms with Crippen molar-refractivity contribution in [2.24, 2.45) is 5.92 Å². The number of carbonyl (C=O) groups is 1. The second kappa shape index (κ2) is 14.7. The molecule has 0 bridgehead atoms. The van der Waals surface area contributed by atoms with Crippen molar-refractivity contribution in [1.82, 2.24) is 10.6 Å². The Morgan fingerprint density at radius 2 is 1.94 bits per heavy atom. The zero-order chi connectivity index (χ0) is 25.8. The lowest BCUT2D eigenvalue weighted by atomic mass is 9.79. The quantitative estimate of drug-likeness (QED) is 0.233. The summed E-state index contributed by atoms with van der Waals surface area (Å²) < 4.78 is 16.9. The molecule has 0 spiro atoms. The fourth-order valence-electron chi connectivity index (χ4n) is 4.66. The summed E-state index contributed by atoms with van der Waals surface area (Å²) in [5.74, 6) is 1.42. The Bertz CT molecular complexity index is 937. The summed E-state index contributed by atoms with van der Waals surface area (Å²) in [6.45, 7) is 5.92. The topological polar surface area (TPSA) is 101 Å². The lowest BCUT2D eigenvalue weighted by Gasteiger charge is -2.39. The van der Waals surface area contributed by atoms with E-state index in [1.165, 1.54) is 5.56 Å². The second-order valence-corrected chi connectivity index (χ2v) is 9.25. The van der Waals surface area contributed by atoms with E-state index in [-0.39, 0.29) is 29.6 Å². The number of phenolic OH excluding ortho intramolecular Hbond substituents is 1. The Labute approximate surface area is 214 Å². The van der Waals surface area contributed by atoms with Crippen LogP contribution in [0.1, 0.15) is 43.2 Å². The van der Waals surface area contributed by atoms with E-state index in [9.17, 15) is 9.90 Å². The molecule has 8 nitrogen and oxygen atoms in total. The molecule has 1 aliphatic heterocycles. The van der Waals surface area contributed by atoms with Gasteiger partial charge in [-0.2, -0.15) is 0 Å². The van der Waals surface area contributed by atoms with Crippen molar-refractivity contribution in [3.63, 3.8) is 0 Å². The summed E-state index contributed by atoms with van der Waals surface area (Å²) in [4.78, 5) is 12.2. The molecule has 198 valence electrons. The van der Waals surface area contributed by atoms with Crippen LogP contribution in [0, 0.1) is 5.92 Å². The highest BCUT2D eigenvalue weighted by Gasteiger charge is 2.35. The summed E-state index contributed by atoms with van der Waals surface area (Å²) in [7, 11) is 3.34. The SMILES string of the molecule is CCCC(=O)NC[C@@H]1CNC[C@H](OCc2ccc(O)c(NCCCOC)c2)[C@H]1c1ccc(OC)cc1. The van der Waals surface area contributed by atoms with Gasteiger partial charge in [-0.3, -0.25) is 4.79 Å². The molecule has 1 aliphatic rings. The van der Waals surface area contributed by atoms with Crippen LogP contribution in [0.3, 0.4) is 0 Å². The van der Waals surface area contributed by atoms with Crippen LogP contribution in [0.5, 0.6) is 11.5 Å². The molecule has 2 aromatic carbocycles. The molecule has 0 saturated carbocycles. The minimum absolute atomic E-state index is 0.0767. The molecule has 0 aromatic heterocycles. The van der Waals surface area contributed by atoms with Crippen LogP contribution in [0.15, 0.2) is 42.5 Å². The third-order valence-corrected chi connectivity index (χ3v) is 6.57. The van der Waals surface area contributed by atoms with Crippen LogP contribution < -0.4 is 20.7 Å². The number of ether oxygens (including phenoxy) is 3. The zero-order valence-electron chi connectivity index (χ0n) is 21.7. The van der Waals surface area contributed by atoms with Gasteiger partial charge in [0.25, 0.3) is 0 Å². The number of anilines is 1. The molecule has 0 aliphatic carbocycles. The molecule has 1 fully saturated rings. The Morgan fingerprint density at radius 3 is 2.67 bits per heavy atom. The van der Waals surface area contributed by atoms with Gasteiger partial charge in [-0.15, -0.1) is 0 Å². The van der Waals surface area contributed by atoms with E-state index < -0.39 is 0 Å². The van der Waals surface area contributed by atoms with E-state index in [1.807, 2.05) is 31.2 Å². The number of benzene rings is 2. The molecule has 0 radical (unpaired) electrons. The van der Waals surface area contributed by atoms with E-state index in [1.54, 1.807) is 20.3 Å². The Hall–Kier alpha value is -2.81. The van der Waals surface area contributed by atoms with E-state index in [0.29, 0.717) is 38.4 Å². The van der Waals surface area contributed by atoms with Crippen molar-refractivity contribution < 1.29 is 24.1 Å². The van der Waals surface area contributed by atoms with Gasteiger partial charge in [-0.1, -0.05) is 25.1 Å². The van der Waals surface area contributed by atoms with Gasteiger partial charge in [0.2, 0.25) is 5.91 Å². The van der Waals surface area contributed by atoms with Crippen LogP contribution in [0.2, 0.25) is 0 Å². The van der Waals surface area contributed by atoms with Crippen molar-refractivity contribution in [3.05, 3.63) is 53.6 Å². The summed E-state index contributed by atoms with van der Waals surface area (Å²) >= 11 is 0. The highest BCUT2D eigenvalue weighted by atomic mass is 16.5. The van der Waals surface area contributed by atoms with E-state index in [2.05, 4.69) is 28.1 Å². The number of piperidine rings is 1. The first-order valence-corrected chi connectivity index (χ1v) is 12.8. The smallest absolute Gasteiger partial charge is 0.219 e. The lowest BCUT2D eigenvalue weighted by molar-refractivity contribution is -0.121. The average molecular weight is 500 g/mol. The largest absolute Gasteiger partial charge is 0.506 e. The Morgan fingerprint density at radius 1 is 1.14 bits per heavy atom. The predicted octanol–water partition coefficient (Wildman–Crippen LogP) is 3.65. The van der Waals surface area contributed by atoms with Gasteiger partial charge in [0, 0.05) is 52.2 Å². The molecule has 1 saturated heterocycles. The average Bonchev–Trinajstić information content (AvgIpc) is 2.90. The first-order valence-electron chi connectivity index (χ1n) is 12.8. The molecule has 2 aromatic rings. The summed E-state index contributed by atoms with van der Waals surface area (Å²) in [5.41, 5.74) is 2.84. The fourth-order valence-corrected chi connectivity index (χ4v) is 4.66. The van der Waals surface area contributed by atoms with E-state index in [0.717, 1.165) is 37.2 Å². The van der Waals surface area contributed by atoms with Gasteiger partial charge in [0.05, 0.1) is 25.5 Å². The van der Waals surface area contributed by atoms with Crippen LogP contribution in [-0.2, 0) is 20.9 Å². The van der Waals surface area contributed by atoms with Crippen molar-refractivity contribution in [2.75, 3.05) is 52.3 Å². The Kier molecular flexibility index (Phi) is 11.3. The van der Waals surface area contributed by atoms with Crippen LogP contribution in [0.25, 0.3) is 0 Å². The minimum Gasteiger partial charge on any atom is -0.506 e. The van der Waals surface area contributed by atoms with Crippen molar-refractivity contribution in [3.8, 4) is 11.5 Å². The van der Waals surface area contributed by atoms with Gasteiger partial charge in [0.15, 0.2) is 0 Å². The number of carbonyl (C=O) groups excluding carboxylic acids is 1. The molecule has 4 N–H and O–H groups in total. The van der Waals surface area contributed by atoms with Gasteiger partial charge >= 0.3 is 0 Å². The van der Waals surface area contributed by atoms with Crippen LogP contribution >= 0.6 is 0 Å². The van der Waals surface area contributed by atoms with Gasteiger partial charge in [-0.05, 0) is 54.2 Å². The number of aromatic hydroxyl groups is 1. The van der Waals surface area contributed by atoms with Crippen LogP contribution in [-0.4, -0.2) is 64.1 Å². The molecule has 1 heterocycles. The molecule has 36 heavy (non-hydrogen) atoms. The lowest BCUT2D eigenvalue weighted by Crippen LogP contribution is -2.50. The molecular weight excluding hydrogens is 458 g/mol. The molecule has 1 amide bonds. The number of methoxy groups -OCH3 is 2. The van der Waals surface area contributed by atoms with Crippen molar-refractivity contribution in [1.29, 1.82) is 0 Å². The van der Waals surface area contributed by atoms with Crippen LogP contribution in [0.4, 0.5) is 5.69 Å². The summed E-state index contributed by atoms with van der Waals surface area (Å²) in [6, 6.07) is 13.7. The molecule has 8 heteroatoms. The summed E-state index contributed by atoms with van der Waals surface area (Å²) in [6.07, 6.45) is 2.14. The van der Waals surface area contributed by atoms with E-state index >= 15 is 0 Å². The third-order valence-electron chi connectivity index (χ3n) is 6.57. The van der Waals surface area contributed by atoms with Crippen molar-refractivity contribution in [2.45, 2.75) is 44.8 Å². The maximum Gasteiger partial charge on any atom is 0.219 e. The number of nitrogens with one attached hydrogen (secondary N) is 3. The second-order valence-electron chi connectivity index (χ2n) is 9.25. The molecule has 3 atom stereocenters. The fraction of sp³-hybridized carbons (Fsp3) is 0.536. The number of hydrogen-bond donors (Lipinski definition) is 4. The van der Waals surface area contributed by atoms with Gasteiger partial charge in [-0.25, -0.2) is 0 Å². The maximum atomic E-state index is 12.2. The predicted molar refractivity (Wildman–Crippen MR) is 142 cm³/mol.